The van der Waals surface area contributed by atoms with Crippen LogP contribution >= 0.6 is 12.2 Å². The van der Waals surface area contributed by atoms with Gasteiger partial charge in [0.05, 0.1) is 18.4 Å². The van der Waals surface area contributed by atoms with Crippen LogP contribution in [0, 0.1) is 6.92 Å². The molecule has 0 saturated carbocycles. The van der Waals surface area contributed by atoms with Crippen molar-refractivity contribution in [2.75, 3.05) is 10.6 Å². The zero-order chi connectivity index (χ0) is 20.8. The van der Waals surface area contributed by atoms with Crippen LogP contribution in [0.25, 0.3) is 11.3 Å². The minimum absolute atomic E-state index is 0.499. The van der Waals surface area contributed by atoms with Crippen LogP contribution in [0.4, 0.5) is 17.2 Å². The summed E-state index contributed by atoms with van der Waals surface area (Å²) in [6.45, 7) is 2.56. The Morgan fingerprint density at radius 2 is 1.73 bits per heavy atom. The predicted octanol–water partition coefficient (Wildman–Crippen LogP) is 5.88. The van der Waals surface area contributed by atoms with Gasteiger partial charge in [0.1, 0.15) is 17.3 Å². The number of aromatic nitrogens is 1. The molecule has 4 rings (SSSR count). The molecule has 0 aliphatic carbocycles. The maximum Gasteiger partial charge on any atom is 0.171 e. The largest absolute Gasteiger partial charge is 0.459 e. The molecule has 30 heavy (non-hydrogen) atoms. The van der Waals surface area contributed by atoms with E-state index in [1.165, 1.54) is 5.56 Å². The highest BCUT2D eigenvalue weighted by molar-refractivity contribution is 7.80. The standard InChI is InChI=1S/C24H22N4OS/c1-17-7-5-6-10-21(17)28-23-14-11-19(15-25-23)27-24(30)26-16-20-12-13-22(29-20)18-8-3-2-4-9-18/h2-15H,16H2,1H3,(H,25,28)(H2,26,27,30). The maximum atomic E-state index is 5.88. The number of anilines is 3. The third-order valence-electron chi connectivity index (χ3n) is 4.57. The smallest absolute Gasteiger partial charge is 0.171 e. The van der Waals surface area contributed by atoms with E-state index in [2.05, 4.69) is 33.9 Å². The fourth-order valence-corrected chi connectivity index (χ4v) is 3.16. The van der Waals surface area contributed by atoms with Crippen molar-refractivity contribution in [3.05, 3.63) is 96.4 Å². The van der Waals surface area contributed by atoms with Gasteiger partial charge >= 0.3 is 0 Å². The number of rotatable bonds is 6. The maximum absolute atomic E-state index is 5.88. The van der Waals surface area contributed by atoms with E-state index in [0.29, 0.717) is 11.7 Å². The van der Waals surface area contributed by atoms with Crippen molar-refractivity contribution < 1.29 is 4.42 Å². The number of nitrogens with one attached hydrogen (secondary N) is 3. The van der Waals surface area contributed by atoms with E-state index in [-0.39, 0.29) is 0 Å². The molecule has 0 amide bonds. The quantitative estimate of drug-likeness (QED) is 0.343. The number of pyridine rings is 1. The second-order valence-corrected chi connectivity index (χ2v) is 7.22. The van der Waals surface area contributed by atoms with Crippen LogP contribution in [-0.2, 0) is 6.54 Å². The Balaban J connectivity index is 1.29. The SMILES string of the molecule is Cc1ccccc1Nc1ccc(NC(=S)NCc2ccc(-c3ccccc3)o2)cn1. The van der Waals surface area contributed by atoms with E-state index in [1.807, 2.05) is 72.8 Å². The van der Waals surface area contributed by atoms with Gasteiger partial charge in [0.2, 0.25) is 0 Å². The van der Waals surface area contributed by atoms with Gasteiger partial charge in [0.15, 0.2) is 5.11 Å². The molecule has 0 saturated heterocycles. The fourth-order valence-electron chi connectivity index (χ4n) is 2.97. The van der Waals surface area contributed by atoms with Crippen molar-refractivity contribution in [1.29, 1.82) is 0 Å². The van der Waals surface area contributed by atoms with Crippen molar-refractivity contribution >= 4 is 34.5 Å². The Morgan fingerprint density at radius 3 is 2.50 bits per heavy atom. The van der Waals surface area contributed by atoms with Gasteiger partial charge in [0.25, 0.3) is 0 Å². The van der Waals surface area contributed by atoms with E-state index < -0.39 is 0 Å². The van der Waals surface area contributed by atoms with Crippen molar-refractivity contribution in [3.8, 4) is 11.3 Å². The summed E-state index contributed by atoms with van der Waals surface area (Å²) in [7, 11) is 0. The first kappa shape index (κ1) is 19.7. The van der Waals surface area contributed by atoms with E-state index in [9.17, 15) is 0 Å². The average molecular weight is 415 g/mol. The molecular formula is C24H22N4OS. The highest BCUT2D eigenvalue weighted by Gasteiger charge is 2.06. The van der Waals surface area contributed by atoms with E-state index >= 15 is 0 Å². The number of hydrogen-bond acceptors (Lipinski definition) is 4. The van der Waals surface area contributed by atoms with E-state index in [4.69, 9.17) is 16.6 Å². The summed E-state index contributed by atoms with van der Waals surface area (Å²) in [5.74, 6) is 2.43. The molecule has 0 fully saturated rings. The molecule has 0 radical (unpaired) electrons. The van der Waals surface area contributed by atoms with Crippen molar-refractivity contribution in [2.45, 2.75) is 13.5 Å². The van der Waals surface area contributed by atoms with Gasteiger partial charge in [-0.05, 0) is 55.0 Å². The Bertz CT molecular complexity index is 1120. The van der Waals surface area contributed by atoms with Crippen LogP contribution in [0.5, 0.6) is 0 Å². The molecular weight excluding hydrogens is 392 g/mol. The molecule has 0 atom stereocenters. The van der Waals surface area contributed by atoms with Crippen molar-refractivity contribution in [3.63, 3.8) is 0 Å². The summed E-state index contributed by atoms with van der Waals surface area (Å²) in [6.07, 6.45) is 1.75. The molecule has 5 nitrogen and oxygen atoms in total. The molecule has 2 aromatic carbocycles. The fraction of sp³-hybridized carbons (Fsp3) is 0.0833. The van der Waals surface area contributed by atoms with Crippen molar-refractivity contribution in [2.24, 2.45) is 0 Å². The van der Waals surface area contributed by atoms with Gasteiger partial charge in [-0.1, -0.05) is 48.5 Å². The molecule has 0 aliphatic rings. The predicted molar refractivity (Wildman–Crippen MR) is 126 cm³/mol. The summed E-state index contributed by atoms with van der Waals surface area (Å²) >= 11 is 5.38. The Hall–Kier alpha value is -3.64. The molecule has 0 unspecified atom stereocenters. The van der Waals surface area contributed by atoms with Crippen LogP contribution < -0.4 is 16.0 Å². The van der Waals surface area contributed by atoms with Crippen LogP contribution in [-0.4, -0.2) is 10.1 Å². The third-order valence-corrected chi connectivity index (χ3v) is 4.82. The number of aryl methyl sites for hydroxylation is 1. The molecule has 4 aromatic rings. The molecule has 6 heteroatoms. The average Bonchev–Trinajstić information content (AvgIpc) is 3.25. The Morgan fingerprint density at radius 1 is 0.933 bits per heavy atom. The van der Waals surface area contributed by atoms with Crippen LogP contribution in [0.2, 0.25) is 0 Å². The summed E-state index contributed by atoms with van der Waals surface area (Å²) in [5.41, 5.74) is 4.07. The van der Waals surface area contributed by atoms with Gasteiger partial charge < -0.3 is 20.4 Å². The summed E-state index contributed by atoms with van der Waals surface area (Å²) < 4.78 is 5.88. The minimum Gasteiger partial charge on any atom is -0.459 e. The molecule has 2 heterocycles. The summed E-state index contributed by atoms with van der Waals surface area (Å²) in [6, 6.07) is 25.9. The zero-order valence-electron chi connectivity index (χ0n) is 16.6. The molecule has 2 aromatic heterocycles. The van der Waals surface area contributed by atoms with Crippen LogP contribution in [0.1, 0.15) is 11.3 Å². The lowest BCUT2D eigenvalue weighted by Gasteiger charge is -2.11. The topological polar surface area (TPSA) is 62.1 Å². The molecule has 0 spiro atoms. The third kappa shape index (κ3) is 5.04. The number of benzene rings is 2. The second-order valence-electron chi connectivity index (χ2n) is 6.81. The van der Waals surface area contributed by atoms with Gasteiger partial charge in [-0.25, -0.2) is 4.98 Å². The van der Waals surface area contributed by atoms with Crippen LogP contribution in [0.3, 0.4) is 0 Å². The van der Waals surface area contributed by atoms with Gasteiger partial charge in [-0.3, -0.25) is 0 Å². The Labute approximate surface area is 181 Å². The summed E-state index contributed by atoms with van der Waals surface area (Å²) in [5, 5.41) is 10.1. The van der Waals surface area contributed by atoms with Gasteiger partial charge in [-0.2, -0.15) is 0 Å². The Kier molecular flexibility index (Phi) is 6.06. The van der Waals surface area contributed by atoms with E-state index in [0.717, 1.165) is 34.3 Å². The lowest BCUT2D eigenvalue weighted by atomic mass is 10.2. The highest BCUT2D eigenvalue weighted by Crippen LogP contribution is 2.22. The first-order chi connectivity index (χ1) is 14.7. The zero-order valence-corrected chi connectivity index (χ0v) is 17.4. The molecule has 150 valence electrons. The number of hydrogen-bond donors (Lipinski definition) is 3. The number of thiocarbonyl (C=S) groups is 1. The summed E-state index contributed by atoms with van der Waals surface area (Å²) in [4.78, 5) is 4.44. The van der Waals surface area contributed by atoms with Crippen molar-refractivity contribution in [1.82, 2.24) is 10.3 Å². The van der Waals surface area contributed by atoms with Gasteiger partial charge in [0, 0.05) is 11.3 Å². The monoisotopic (exact) mass is 414 g/mol. The molecule has 0 bridgehead atoms. The molecule has 3 N–H and O–H groups in total. The number of nitrogens with zero attached hydrogens (tertiary/aromatic N) is 1. The normalized spacial score (nSPS) is 10.4. The van der Waals surface area contributed by atoms with Gasteiger partial charge in [-0.15, -0.1) is 0 Å². The number of para-hydroxylation sites is 1. The lowest BCUT2D eigenvalue weighted by Crippen LogP contribution is -2.27. The lowest BCUT2D eigenvalue weighted by molar-refractivity contribution is 0.516. The second kappa shape index (κ2) is 9.24. The van der Waals surface area contributed by atoms with E-state index in [1.54, 1.807) is 6.20 Å². The molecule has 0 aliphatic heterocycles. The van der Waals surface area contributed by atoms with Crippen LogP contribution in [0.15, 0.2) is 89.5 Å². The first-order valence-electron chi connectivity index (χ1n) is 9.65. The number of furan rings is 1. The highest BCUT2D eigenvalue weighted by atomic mass is 32.1. The minimum atomic E-state index is 0.499. The first-order valence-corrected chi connectivity index (χ1v) is 10.1.